The van der Waals surface area contributed by atoms with Gasteiger partial charge in [0, 0.05) is 23.2 Å². The second kappa shape index (κ2) is 4.40. The third kappa shape index (κ3) is 1.77. The molecule has 0 aliphatic heterocycles. The van der Waals surface area contributed by atoms with E-state index in [9.17, 15) is 14.7 Å². The molecule has 3 nitrogen and oxygen atoms in total. The maximum Gasteiger partial charge on any atom is 0.139 e. The first kappa shape index (κ1) is 15.7. The van der Waals surface area contributed by atoms with Crippen LogP contribution < -0.4 is 5.11 Å². The minimum absolute atomic E-state index is 0.0667. The normalized spacial score (nSPS) is 55.2. The molecule has 2 bridgehead atoms. The number of ketones is 1. The van der Waals surface area contributed by atoms with Crippen LogP contribution >= 0.6 is 0 Å². The van der Waals surface area contributed by atoms with E-state index in [2.05, 4.69) is 13.8 Å². The maximum absolute atomic E-state index is 12.6. The van der Waals surface area contributed by atoms with Crippen LogP contribution in [0.25, 0.3) is 0 Å². The second-order valence-corrected chi connectivity index (χ2v) is 9.95. The molecule has 0 radical (unpaired) electrons. The highest BCUT2D eigenvalue weighted by Crippen LogP contribution is 2.72. The standard InChI is InChI=1S/C20H30O3/c1-17-9-5-14-18(2)7-4-8-19(3,16(22)23)13(18)6-10-20(14,12-17)11-15(17)21/h13-14H,4-12H2,1-3H3,(H,22,23)/p-1. The number of rotatable bonds is 1. The Bertz CT molecular complexity index is 583. The van der Waals surface area contributed by atoms with Gasteiger partial charge in [0.05, 0.1) is 0 Å². The van der Waals surface area contributed by atoms with Crippen LogP contribution in [0.2, 0.25) is 0 Å². The van der Waals surface area contributed by atoms with Crippen molar-refractivity contribution in [2.75, 3.05) is 0 Å². The van der Waals surface area contributed by atoms with Crippen molar-refractivity contribution in [1.29, 1.82) is 0 Å². The fourth-order valence-corrected chi connectivity index (χ4v) is 7.75. The molecule has 128 valence electrons. The van der Waals surface area contributed by atoms with Crippen LogP contribution in [0.5, 0.6) is 0 Å². The van der Waals surface area contributed by atoms with Gasteiger partial charge in [-0.1, -0.05) is 27.2 Å². The van der Waals surface area contributed by atoms with Crippen LogP contribution in [0.15, 0.2) is 0 Å². The molecule has 0 aromatic rings. The van der Waals surface area contributed by atoms with Crippen LogP contribution in [0, 0.1) is 33.5 Å². The van der Waals surface area contributed by atoms with Crippen LogP contribution in [-0.2, 0) is 9.59 Å². The molecule has 4 aliphatic carbocycles. The van der Waals surface area contributed by atoms with Gasteiger partial charge in [0.1, 0.15) is 5.78 Å². The monoisotopic (exact) mass is 317 g/mol. The molecule has 6 atom stereocenters. The van der Waals surface area contributed by atoms with Gasteiger partial charge in [-0.05, 0) is 67.6 Å². The van der Waals surface area contributed by atoms with Gasteiger partial charge in [0.25, 0.3) is 0 Å². The number of aliphatic carboxylic acids is 1. The van der Waals surface area contributed by atoms with Crippen molar-refractivity contribution in [3.63, 3.8) is 0 Å². The Labute approximate surface area is 139 Å². The zero-order valence-corrected chi connectivity index (χ0v) is 14.7. The van der Waals surface area contributed by atoms with Gasteiger partial charge in [-0.2, -0.15) is 0 Å². The topological polar surface area (TPSA) is 57.2 Å². The molecule has 23 heavy (non-hydrogen) atoms. The highest BCUT2D eigenvalue weighted by Gasteiger charge is 2.67. The molecule has 3 heteroatoms. The molecule has 0 amide bonds. The van der Waals surface area contributed by atoms with Crippen molar-refractivity contribution in [2.24, 2.45) is 33.5 Å². The maximum atomic E-state index is 12.6. The summed E-state index contributed by atoms with van der Waals surface area (Å²) in [7, 11) is 0. The lowest BCUT2D eigenvalue weighted by Crippen LogP contribution is -2.60. The van der Waals surface area contributed by atoms with E-state index in [1.165, 1.54) is 0 Å². The highest BCUT2D eigenvalue weighted by molar-refractivity contribution is 5.88. The number of carboxylic acids is 1. The first-order valence-corrected chi connectivity index (χ1v) is 9.41. The molecule has 4 rings (SSSR count). The van der Waals surface area contributed by atoms with E-state index in [0.29, 0.717) is 11.7 Å². The molecule has 4 fully saturated rings. The minimum atomic E-state index is -0.854. The van der Waals surface area contributed by atoms with Crippen LogP contribution in [-0.4, -0.2) is 11.8 Å². The van der Waals surface area contributed by atoms with Gasteiger partial charge in [-0.25, -0.2) is 0 Å². The Morgan fingerprint density at radius 3 is 2.43 bits per heavy atom. The molecule has 1 spiro atoms. The third-order valence-corrected chi connectivity index (χ3v) is 8.82. The fraction of sp³-hybridized carbons (Fsp3) is 0.900. The Balaban J connectivity index is 1.76. The van der Waals surface area contributed by atoms with Crippen molar-refractivity contribution in [1.82, 2.24) is 0 Å². The van der Waals surface area contributed by atoms with Crippen LogP contribution in [0.3, 0.4) is 0 Å². The molecule has 0 saturated heterocycles. The van der Waals surface area contributed by atoms with Crippen LogP contribution in [0.4, 0.5) is 0 Å². The van der Waals surface area contributed by atoms with Crippen molar-refractivity contribution in [3.8, 4) is 0 Å². The summed E-state index contributed by atoms with van der Waals surface area (Å²) in [5.41, 5.74) is -0.541. The van der Waals surface area contributed by atoms with Gasteiger partial charge in [0.15, 0.2) is 0 Å². The summed E-state index contributed by atoms with van der Waals surface area (Å²) in [5.74, 6) is 0.352. The smallest absolute Gasteiger partial charge is 0.139 e. The molecule has 0 aromatic heterocycles. The SMILES string of the molecule is CC12CCC3C(CCC4C(C)(C(=O)[O-])CCCC34C)(CC1=O)C2. The summed E-state index contributed by atoms with van der Waals surface area (Å²) >= 11 is 0. The average molecular weight is 317 g/mol. The molecule has 6 unspecified atom stereocenters. The second-order valence-electron chi connectivity index (χ2n) is 9.95. The molecule has 0 aromatic carbocycles. The Morgan fingerprint density at radius 2 is 1.74 bits per heavy atom. The predicted octanol–water partition coefficient (Wildman–Crippen LogP) is 3.11. The minimum Gasteiger partial charge on any atom is -0.550 e. The number of hydrogen-bond acceptors (Lipinski definition) is 3. The fourth-order valence-electron chi connectivity index (χ4n) is 7.75. The number of carbonyl (C=O) groups is 2. The van der Waals surface area contributed by atoms with Crippen molar-refractivity contribution in [3.05, 3.63) is 0 Å². The van der Waals surface area contributed by atoms with E-state index in [1.54, 1.807) is 0 Å². The largest absolute Gasteiger partial charge is 0.550 e. The summed E-state index contributed by atoms with van der Waals surface area (Å²) in [6.45, 7) is 6.44. The van der Waals surface area contributed by atoms with E-state index >= 15 is 0 Å². The van der Waals surface area contributed by atoms with Gasteiger partial charge >= 0.3 is 0 Å². The lowest BCUT2D eigenvalue weighted by Gasteiger charge is -2.64. The summed E-state index contributed by atoms with van der Waals surface area (Å²) in [6.07, 6.45) is 8.77. The summed E-state index contributed by atoms with van der Waals surface area (Å²) < 4.78 is 0. The average Bonchev–Trinajstić information content (AvgIpc) is 2.63. The number of hydrogen-bond donors (Lipinski definition) is 0. The van der Waals surface area contributed by atoms with Gasteiger partial charge < -0.3 is 9.90 Å². The Morgan fingerprint density at radius 1 is 1.04 bits per heavy atom. The predicted molar refractivity (Wildman–Crippen MR) is 85.3 cm³/mol. The number of carbonyl (C=O) groups excluding carboxylic acids is 2. The van der Waals surface area contributed by atoms with E-state index < -0.39 is 11.4 Å². The van der Waals surface area contributed by atoms with Gasteiger partial charge in [-0.15, -0.1) is 0 Å². The Hall–Kier alpha value is -0.860. The molecule has 0 N–H and O–H groups in total. The number of Topliss-reactive ketones (excluding diaryl/α,β-unsaturated/α-hetero) is 1. The zero-order valence-electron chi connectivity index (χ0n) is 14.7. The van der Waals surface area contributed by atoms with E-state index in [4.69, 9.17) is 0 Å². The number of carboxylic acid groups (broad SMARTS) is 1. The molecule has 0 heterocycles. The first-order valence-electron chi connectivity index (χ1n) is 9.41. The molecule has 4 saturated carbocycles. The molecular formula is C20H29O3-. The number of fused-ring (bicyclic) bond motifs is 3. The molecule has 4 aliphatic rings. The Kier molecular flexibility index (Phi) is 3.00. The molecular weight excluding hydrogens is 288 g/mol. The summed E-state index contributed by atoms with van der Waals surface area (Å²) in [5, 5.41) is 11.9. The highest BCUT2D eigenvalue weighted by atomic mass is 16.4. The zero-order chi connectivity index (χ0) is 16.7. The lowest BCUT2D eigenvalue weighted by atomic mass is 9.40. The first-order chi connectivity index (χ1) is 10.7. The van der Waals surface area contributed by atoms with Gasteiger partial charge in [0.2, 0.25) is 0 Å². The third-order valence-electron chi connectivity index (χ3n) is 8.82. The van der Waals surface area contributed by atoms with E-state index in [1.807, 2.05) is 6.92 Å². The lowest BCUT2D eigenvalue weighted by molar-refractivity contribution is -0.328. The van der Waals surface area contributed by atoms with Crippen molar-refractivity contribution < 1.29 is 14.7 Å². The van der Waals surface area contributed by atoms with Gasteiger partial charge in [-0.3, -0.25) is 4.79 Å². The summed E-state index contributed by atoms with van der Waals surface area (Å²) in [4.78, 5) is 24.6. The van der Waals surface area contributed by atoms with Crippen molar-refractivity contribution >= 4 is 11.8 Å². The van der Waals surface area contributed by atoms with Crippen LogP contribution in [0.1, 0.15) is 78.6 Å². The van der Waals surface area contributed by atoms with E-state index in [-0.39, 0.29) is 22.2 Å². The van der Waals surface area contributed by atoms with Crippen molar-refractivity contribution in [2.45, 2.75) is 78.6 Å². The quantitative estimate of drug-likeness (QED) is 0.746. The summed E-state index contributed by atoms with van der Waals surface area (Å²) in [6, 6.07) is 0. The van der Waals surface area contributed by atoms with E-state index in [0.717, 1.165) is 57.8 Å².